The Kier molecular flexibility index (Phi) is 10.3. The first kappa shape index (κ1) is 38.2. The quantitative estimate of drug-likeness (QED) is 0.147. The number of ether oxygens (including phenoxy) is 2. The summed E-state index contributed by atoms with van der Waals surface area (Å²) in [5, 5.41) is 52.8. The summed E-state index contributed by atoms with van der Waals surface area (Å²) in [4.78, 5) is 45.1. The molecule has 3 amide bonds. The Morgan fingerprint density at radius 1 is 0.963 bits per heavy atom. The molecule has 0 aromatic heterocycles. The Labute approximate surface area is 313 Å². The van der Waals surface area contributed by atoms with E-state index in [1.165, 1.54) is 0 Å². The summed E-state index contributed by atoms with van der Waals surface area (Å²) in [5.41, 5.74) is 1.79. The second-order valence-electron chi connectivity index (χ2n) is 15.3. The molecule has 54 heavy (non-hydrogen) atoms. The number of rotatable bonds is 8. The SMILES string of the molecule is C[C@H]1[C@H]([Si](C)(C)F)[C@@H](CC(=O)N2Cc3ccccc3C[C@H]2CO)O[C@]12C(=O)N(Cc1cccc(NC(=O)[C@H]3O[C@@H](O)[C@H](O)[C@@H](O)[C@@H]3O)c1)c1ccccc12. The Morgan fingerprint density at radius 3 is 2.39 bits per heavy atom. The maximum atomic E-state index is 16.4. The molecular formula is C39H46FN3O10Si. The van der Waals surface area contributed by atoms with Crippen LogP contribution >= 0.6 is 0 Å². The fourth-order valence-electron chi connectivity index (χ4n) is 8.91. The monoisotopic (exact) mass is 763 g/mol. The summed E-state index contributed by atoms with van der Waals surface area (Å²) in [7, 11) is -3.57. The van der Waals surface area contributed by atoms with E-state index >= 15 is 4.11 Å². The Balaban J connectivity index is 1.14. The van der Waals surface area contributed by atoms with E-state index in [1.807, 2.05) is 31.2 Å². The van der Waals surface area contributed by atoms with Gasteiger partial charge in [-0.25, -0.2) is 0 Å². The van der Waals surface area contributed by atoms with E-state index in [2.05, 4.69) is 5.32 Å². The molecule has 0 radical (unpaired) electrons. The summed E-state index contributed by atoms with van der Waals surface area (Å²) in [6.07, 6.45) is -9.53. The maximum Gasteiger partial charge on any atom is 0.264 e. The number of hydrogen-bond acceptors (Lipinski definition) is 10. The Hall–Kier alpha value is -4.06. The molecular weight excluding hydrogens is 718 g/mol. The highest BCUT2D eigenvalue weighted by atomic mass is 28.4. The molecule has 2 saturated heterocycles. The molecule has 3 aromatic rings. The van der Waals surface area contributed by atoms with Crippen molar-refractivity contribution in [3.05, 3.63) is 95.1 Å². The molecule has 15 heteroatoms. The summed E-state index contributed by atoms with van der Waals surface area (Å²) >= 11 is 0. The number of anilines is 2. The minimum absolute atomic E-state index is 0.0413. The lowest BCUT2D eigenvalue weighted by Crippen LogP contribution is -2.60. The van der Waals surface area contributed by atoms with Crippen molar-refractivity contribution in [3.8, 4) is 0 Å². The molecule has 2 fully saturated rings. The van der Waals surface area contributed by atoms with Gasteiger partial charge in [-0.1, -0.05) is 61.5 Å². The van der Waals surface area contributed by atoms with E-state index in [0.717, 1.165) is 11.1 Å². The zero-order valence-electron chi connectivity index (χ0n) is 30.2. The number of nitrogens with one attached hydrogen (secondary N) is 1. The molecule has 3 aromatic carbocycles. The Bertz CT molecular complexity index is 1930. The van der Waals surface area contributed by atoms with Crippen LogP contribution in [-0.2, 0) is 49.0 Å². The van der Waals surface area contributed by atoms with E-state index in [9.17, 15) is 39.9 Å². The fraction of sp³-hybridized carbons (Fsp3) is 0.462. The van der Waals surface area contributed by atoms with Crippen molar-refractivity contribution in [1.29, 1.82) is 0 Å². The van der Waals surface area contributed by atoms with Gasteiger partial charge in [0.15, 0.2) is 18.0 Å². The summed E-state index contributed by atoms with van der Waals surface area (Å²) in [6, 6.07) is 21.1. The lowest BCUT2D eigenvalue weighted by atomic mass is 9.82. The summed E-state index contributed by atoms with van der Waals surface area (Å²) < 4.78 is 28.3. The zero-order chi connectivity index (χ0) is 38.7. The van der Waals surface area contributed by atoms with Crippen LogP contribution < -0.4 is 10.2 Å². The predicted molar refractivity (Wildman–Crippen MR) is 196 cm³/mol. The number of aliphatic hydroxyl groups is 5. The van der Waals surface area contributed by atoms with Gasteiger partial charge < -0.3 is 54.2 Å². The normalized spacial score (nSPS) is 32.1. The highest BCUT2D eigenvalue weighted by Crippen LogP contribution is 2.60. The van der Waals surface area contributed by atoms with Gasteiger partial charge in [0.2, 0.25) is 14.3 Å². The van der Waals surface area contributed by atoms with Crippen molar-refractivity contribution in [2.75, 3.05) is 16.8 Å². The second-order valence-corrected chi connectivity index (χ2v) is 19.1. The maximum absolute atomic E-state index is 16.4. The third-order valence-corrected chi connectivity index (χ3v) is 14.0. The smallest absolute Gasteiger partial charge is 0.264 e. The molecule has 4 aliphatic rings. The number of amides is 3. The molecule has 0 bridgehead atoms. The van der Waals surface area contributed by atoms with Gasteiger partial charge in [-0.15, -0.1) is 0 Å². The predicted octanol–water partition coefficient (Wildman–Crippen LogP) is 2.08. The second kappa shape index (κ2) is 14.5. The molecule has 4 heterocycles. The van der Waals surface area contributed by atoms with Gasteiger partial charge in [-0.3, -0.25) is 14.4 Å². The van der Waals surface area contributed by atoms with Crippen LogP contribution in [0.15, 0.2) is 72.8 Å². The zero-order valence-corrected chi connectivity index (χ0v) is 31.2. The number of carbonyl (C=O) groups excluding carboxylic acids is 3. The van der Waals surface area contributed by atoms with E-state index < -0.39 is 80.1 Å². The van der Waals surface area contributed by atoms with Gasteiger partial charge >= 0.3 is 0 Å². The van der Waals surface area contributed by atoms with Crippen LogP contribution in [0.2, 0.25) is 18.6 Å². The molecule has 4 aliphatic heterocycles. The molecule has 0 saturated carbocycles. The fourth-order valence-corrected chi connectivity index (χ4v) is 11.4. The standard InChI is InChI=1S/C39H46FN3O10Si/c1-21-35(54(2,3)40)29(17-30(45)42-19-24-11-5-4-10-23(24)16-26(42)20-44)53-39(21)27-13-6-7-14-28(27)43(38(39)51)18-22-9-8-12-25(15-22)41-36(49)34-32(47)31(46)33(48)37(50)52-34/h4-15,21,26,29,31-35,37,44,46-48,50H,16-20H2,1-3H3,(H,41,49)/t21-,26-,29+,31-,32-,33+,34-,35-,37+,39+/m0/s1. The van der Waals surface area contributed by atoms with Gasteiger partial charge in [-0.2, -0.15) is 0 Å². The van der Waals surface area contributed by atoms with Gasteiger partial charge in [0.25, 0.3) is 11.8 Å². The third-order valence-electron chi connectivity index (χ3n) is 11.5. The summed E-state index contributed by atoms with van der Waals surface area (Å²) in [6.45, 7) is 5.10. The summed E-state index contributed by atoms with van der Waals surface area (Å²) in [5.74, 6) is -2.18. The van der Waals surface area contributed by atoms with Crippen LogP contribution in [0.3, 0.4) is 0 Å². The number of benzene rings is 3. The van der Waals surface area contributed by atoms with Crippen molar-refractivity contribution in [1.82, 2.24) is 4.90 Å². The van der Waals surface area contributed by atoms with Crippen LogP contribution in [0.4, 0.5) is 15.5 Å². The minimum atomic E-state index is -3.57. The van der Waals surface area contributed by atoms with Crippen LogP contribution in [0.25, 0.3) is 0 Å². The first-order chi connectivity index (χ1) is 25.6. The molecule has 0 unspecified atom stereocenters. The molecule has 1 spiro atoms. The number of aliphatic hydroxyl groups excluding tert-OH is 5. The number of fused-ring (bicyclic) bond motifs is 3. The van der Waals surface area contributed by atoms with Crippen LogP contribution in [-0.4, -0.2) is 106 Å². The highest BCUT2D eigenvalue weighted by molar-refractivity contribution is 6.72. The van der Waals surface area contributed by atoms with Gasteiger partial charge in [-0.05, 0) is 54.4 Å². The van der Waals surface area contributed by atoms with Crippen molar-refractivity contribution >= 4 is 37.5 Å². The molecule has 288 valence electrons. The minimum Gasteiger partial charge on any atom is -0.394 e. The van der Waals surface area contributed by atoms with Crippen molar-refractivity contribution in [2.45, 2.75) is 99.9 Å². The van der Waals surface area contributed by atoms with E-state index in [4.69, 9.17) is 9.47 Å². The molecule has 7 rings (SSSR count). The number of para-hydroxylation sites is 1. The number of halogens is 1. The number of nitrogens with zero attached hydrogens (tertiary/aromatic N) is 2. The van der Waals surface area contributed by atoms with Crippen LogP contribution in [0, 0.1) is 5.92 Å². The molecule has 0 aliphatic carbocycles. The first-order valence-corrected chi connectivity index (χ1v) is 21.1. The lowest BCUT2D eigenvalue weighted by molar-refractivity contribution is -0.274. The number of hydrogen-bond donors (Lipinski definition) is 6. The molecule has 13 nitrogen and oxygen atoms in total. The first-order valence-electron chi connectivity index (χ1n) is 18.2. The van der Waals surface area contributed by atoms with E-state index in [1.54, 1.807) is 71.4 Å². The van der Waals surface area contributed by atoms with Crippen molar-refractivity contribution in [3.63, 3.8) is 0 Å². The van der Waals surface area contributed by atoms with Gasteiger partial charge in [0, 0.05) is 29.3 Å². The third kappa shape index (κ3) is 6.55. The molecule has 10 atom stereocenters. The molecule has 6 N–H and O–H groups in total. The van der Waals surface area contributed by atoms with Crippen molar-refractivity contribution in [2.24, 2.45) is 5.92 Å². The van der Waals surface area contributed by atoms with Crippen molar-refractivity contribution < 1.29 is 53.5 Å². The largest absolute Gasteiger partial charge is 0.394 e. The average molecular weight is 764 g/mol. The van der Waals surface area contributed by atoms with Crippen LogP contribution in [0.5, 0.6) is 0 Å². The van der Waals surface area contributed by atoms with Gasteiger partial charge in [0.1, 0.15) is 18.3 Å². The Morgan fingerprint density at radius 2 is 1.67 bits per heavy atom. The lowest BCUT2D eigenvalue weighted by Gasteiger charge is -2.37. The average Bonchev–Trinajstić information content (AvgIpc) is 3.57. The number of carbonyl (C=O) groups is 3. The van der Waals surface area contributed by atoms with Gasteiger partial charge in [0.05, 0.1) is 37.4 Å². The van der Waals surface area contributed by atoms with Crippen LogP contribution in [0.1, 0.15) is 35.6 Å². The highest BCUT2D eigenvalue weighted by Gasteiger charge is 2.67. The van der Waals surface area contributed by atoms with E-state index in [-0.39, 0.29) is 31.2 Å². The van der Waals surface area contributed by atoms with E-state index in [0.29, 0.717) is 29.8 Å². The topological polar surface area (TPSA) is 189 Å².